The monoisotopic (exact) mass is 283 g/mol. The summed E-state index contributed by atoms with van der Waals surface area (Å²) in [4.78, 5) is 0. The number of rotatable bonds is 6. The van der Waals surface area contributed by atoms with Crippen LogP contribution in [0, 0.1) is 6.92 Å². The molecule has 0 bridgehead atoms. The summed E-state index contributed by atoms with van der Waals surface area (Å²) in [6.07, 6.45) is 3.47. The average Bonchev–Trinajstić information content (AvgIpc) is 2.67. The van der Waals surface area contributed by atoms with Crippen molar-refractivity contribution >= 4 is 11.8 Å². The Kier molecular flexibility index (Phi) is 5.73. The standard InChI is InChI=1S/C14H25N3OS/c1-4-7-15-10-13-11(2)16-17(3)14(13)19-12-5-8-18-9-6-12/h12,15H,4-10H2,1-3H3. The summed E-state index contributed by atoms with van der Waals surface area (Å²) in [6.45, 7) is 8.10. The number of ether oxygens (including phenoxy) is 1. The zero-order chi connectivity index (χ0) is 13.7. The first-order valence-corrected chi connectivity index (χ1v) is 8.08. The number of hydrogen-bond acceptors (Lipinski definition) is 4. The molecule has 4 nitrogen and oxygen atoms in total. The van der Waals surface area contributed by atoms with Crippen LogP contribution >= 0.6 is 11.8 Å². The first-order chi connectivity index (χ1) is 9.22. The topological polar surface area (TPSA) is 39.1 Å². The lowest BCUT2D eigenvalue weighted by atomic mass is 10.2. The minimum absolute atomic E-state index is 0.675. The van der Waals surface area contributed by atoms with Crippen molar-refractivity contribution in [3.05, 3.63) is 11.3 Å². The quantitative estimate of drug-likeness (QED) is 0.814. The van der Waals surface area contributed by atoms with E-state index in [1.165, 1.54) is 17.0 Å². The van der Waals surface area contributed by atoms with Gasteiger partial charge in [0.1, 0.15) is 0 Å². The lowest BCUT2D eigenvalue weighted by Gasteiger charge is -2.22. The van der Waals surface area contributed by atoms with Crippen LogP contribution in [0.1, 0.15) is 37.4 Å². The SMILES string of the molecule is CCCNCc1c(C)nn(C)c1SC1CCOCC1. The van der Waals surface area contributed by atoms with Gasteiger partial charge in [-0.2, -0.15) is 5.10 Å². The normalized spacial score (nSPS) is 17.0. The highest BCUT2D eigenvalue weighted by molar-refractivity contribution is 7.99. The average molecular weight is 283 g/mol. The molecular weight excluding hydrogens is 258 g/mol. The molecule has 2 rings (SSSR count). The number of nitrogens with zero attached hydrogens (tertiary/aromatic N) is 2. The third-order valence-electron chi connectivity index (χ3n) is 3.46. The first kappa shape index (κ1) is 14.9. The van der Waals surface area contributed by atoms with Crippen molar-refractivity contribution in [2.75, 3.05) is 19.8 Å². The molecule has 1 saturated heterocycles. The minimum atomic E-state index is 0.675. The van der Waals surface area contributed by atoms with E-state index < -0.39 is 0 Å². The van der Waals surface area contributed by atoms with Gasteiger partial charge in [-0.1, -0.05) is 6.92 Å². The van der Waals surface area contributed by atoms with E-state index in [4.69, 9.17) is 4.74 Å². The van der Waals surface area contributed by atoms with Gasteiger partial charge in [0.05, 0.1) is 10.7 Å². The molecule has 1 fully saturated rings. The second kappa shape index (κ2) is 7.31. The molecule has 0 spiro atoms. The van der Waals surface area contributed by atoms with Crippen LogP contribution in [0.5, 0.6) is 0 Å². The lowest BCUT2D eigenvalue weighted by Crippen LogP contribution is -2.19. The van der Waals surface area contributed by atoms with Crippen LogP contribution in [0.2, 0.25) is 0 Å². The Balaban J connectivity index is 2.04. The number of hydrogen-bond donors (Lipinski definition) is 1. The summed E-state index contributed by atoms with van der Waals surface area (Å²) >= 11 is 1.98. The number of nitrogens with one attached hydrogen (secondary N) is 1. The van der Waals surface area contributed by atoms with Crippen LogP contribution < -0.4 is 5.32 Å². The van der Waals surface area contributed by atoms with Crippen molar-refractivity contribution in [3.63, 3.8) is 0 Å². The fourth-order valence-electron chi connectivity index (χ4n) is 2.37. The highest BCUT2D eigenvalue weighted by Gasteiger charge is 2.20. The summed E-state index contributed by atoms with van der Waals surface area (Å²) in [5.41, 5.74) is 2.52. The summed E-state index contributed by atoms with van der Waals surface area (Å²) < 4.78 is 7.47. The second-order valence-electron chi connectivity index (χ2n) is 5.10. The van der Waals surface area contributed by atoms with E-state index in [-0.39, 0.29) is 0 Å². The third kappa shape index (κ3) is 3.97. The lowest BCUT2D eigenvalue weighted by molar-refractivity contribution is 0.1000. The maximum absolute atomic E-state index is 5.43. The summed E-state index contributed by atoms with van der Waals surface area (Å²) in [5.74, 6) is 0. The number of aryl methyl sites for hydroxylation is 2. The van der Waals surface area contributed by atoms with Crippen LogP contribution in [0.25, 0.3) is 0 Å². The summed E-state index contributed by atoms with van der Waals surface area (Å²) in [7, 11) is 2.05. The Morgan fingerprint density at radius 3 is 2.84 bits per heavy atom. The van der Waals surface area contributed by atoms with E-state index >= 15 is 0 Å². The van der Waals surface area contributed by atoms with Gasteiger partial charge >= 0.3 is 0 Å². The Morgan fingerprint density at radius 1 is 1.42 bits per heavy atom. The van der Waals surface area contributed by atoms with Crippen LogP contribution in [0.15, 0.2) is 5.03 Å². The zero-order valence-corrected chi connectivity index (χ0v) is 13.1. The predicted octanol–water partition coefficient (Wildman–Crippen LogP) is 2.50. The smallest absolute Gasteiger partial charge is 0.0987 e. The van der Waals surface area contributed by atoms with Crippen molar-refractivity contribution in [1.82, 2.24) is 15.1 Å². The van der Waals surface area contributed by atoms with Crippen molar-refractivity contribution in [3.8, 4) is 0 Å². The zero-order valence-electron chi connectivity index (χ0n) is 12.2. The molecule has 0 aromatic carbocycles. The molecule has 108 valence electrons. The fourth-order valence-corrected chi connectivity index (χ4v) is 3.67. The van der Waals surface area contributed by atoms with Gasteiger partial charge in [0, 0.05) is 37.6 Å². The van der Waals surface area contributed by atoms with Crippen molar-refractivity contribution in [1.29, 1.82) is 0 Å². The Hall–Kier alpha value is -0.520. The van der Waals surface area contributed by atoms with Crippen LogP contribution in [-0.4, -0.2) is 34.8 Å². The van der Waals surface area contributed by atoms with Gasteiger partial charge in [0.2, 0.25) is 0 Å². The molecule has 1 aliphatic heterocycles. The minimum Gasteiger partial charge on any atom is -0.381 e. The molecule has 1 aliphatic rings. The largest absolute Gasteiger partial charge is 0.381 e. The Labute approximate surface area is 120 Å². The Bertz CT molecular complexity index is 400. The maximum atomic E-state index is 5.43. The molecule has 0 amide bonds. The molecule has 5 heteroatoms. The fraction of sp³-hybridized carbons (Fsp3) is 0.786. The first-order valence-electron chi connectivity index (χ1n) is 7.20. The second-order valence-corrected chi connectivity index (χ2v) is 6.39. The highest BCUT2D eigenvalue weighted by atomic mass is 32.2. The van der Waals surface area contributed by atoms with Gasteiger partial charge in [0.15, 0.2) is 0 Å². The van der Waals surface area contributed by atoms with E-state index in [2.05, 4.69) is 31.3 Å². The van der Waals surface area contributed by atoms with Crippen molar-refractivity contribution < 1.29 is 4.74 Å². The van der Waals surface area contributed by atoms with Crippen molar-refractivity contribution in [2.45, 2.75) is 49.9 Å². The van der Waals surface area contributed by atoms with Gasteiger partial charge in [-0.05, 0) is 32.7 Å². The molecule has 0 atom stereocenters. The maximum Gasteiger partial charge on any atom is 0.0987 e. The van der Waals surface area contributed by atoms with Crippen LogP contribution in [0.3, 0.4) is 0 Å². The molecule has 1 aromatic heterocycles. The Morgan fingerprint density at radius 2 is 2.16 bits per heavy atom. The third-order valence-corrected chi connectivity index (χ3v) is 5.00. The van der Waals surface area contributed by atoms with E-state index in [0.717, 1.165) is 44.8 Å². The molecule has 2 heterocycles. The number of aromatic nitrogens is 2. The van der Waals surface area contributed by atoms with E-state index in [1.54, 1.807) is 0 Å². The van der Waals surface area contributed by atoms with Crippen LogP contribution in [0.4, 0.5) is 0 Å². The summed E-state index contributed by atoms with van der Waals surface area (Å²) in [5, 5.41) is 10.1. The van der Waals surface area contributed by atoms with Gasteiger partial charge in [-0.15, -0.1) is 11.8 Å². The molecule has 1 N–H and O–H groups in total. The molecule has 0 saturated carbocycles. The molecule has 0 aliphatic carbocycles. The van der Waals surface area contributed by atoms with E-state index in [9.17, 15) is 0 Å². The predicted molar refractivity (Wildman–Crippen MR) is 79.6 cm³/mol. The van der Waals surface area contributed by atoms with E-state index in [1.807, 2.05) is 16.4 Å². The van der Waals surface area contributed by atoms with Gasteiger partial charge in [0.25, 0.3) is 0 Å². The van der Waals surface area contributed by atoms with Gasteiger partial charge in [-0.25, -0.2) is 0 Å². The number of thioether (sulfide) groups is 1. The molecule has 1 aromatic rings. The van der Waals surface area contributed by atoms with Gasteiger partial charge in [-0.3, -0.25) is 4.68 Å². The highest BCUT2D eigenvalue weighted by Crippen LogP contribution is 2.33. The van der Waals surface area contributed by atoms with Crippen LogP contribution in [-0.2, 0) is 18.3 Å². The van der Waals surface area contributed by atoms with Crippen molar-refractivity contribution in [2.24, 2.45) is 7.05 Å². The van der Waals surface area contributed by atoms with E-state index in [0.29, 0.717) is 5.25 Å². The summed E-state index contributed by atoms with van der Waals surface area (Å²) in [6, 6.07) is 0. The molecule has 19 heavy (non-hydrogen) atoms. The molecule has 0 unspecified atom stereocenters. The molecule has 0 radical (unpaired) electrons. The van der Waals surface area contributed by atoms with Gasteiger partial charge < -0.3 is 10.1 Å². The molecular formula is C14H25N3OS.